The Morgan fingerprint density at radius 3 is 2.33 bits per heavy atom. The summed E-state index contributed by atoms with van der Waals surface area (Å²) in [5.41, 5.74) is 7.29. The van der Waals surface area contributed by atoms with E-state index in [1.165, 1.54) is 18.4 Å². The van der Waals surface area contributed by atoms with E-state index >= 15 is 0 Å². The van der Waals surface area contributed by atoms with Gasteiger partial charge in [-0.2, -0.15) is 0 Å². The van der Waals surface area contributed by atoms with Gasteiger partial charge in [-0.1, -0.05) is 51.1 Å². The number of nitrogens with one attached hydrogen (secondary N) is 1. The summed E-state index contributed by atoms with van der Waals surface area (Å²) < 4.78 is 0. The van der Waals surface area contributed by atoms with Gasteiger partial charge in [-0.15, -0.1) is 0 Å². The molecule has 0 saturated carbocycles. The van der Waals surface area contributed by atoms with E-state index in [2.05, 4.69) is 40.5 Å². The number of amides is 1. The van der Waals surface area contributed by atoms with Crippen LogP contribution in [0.4, 0.5) is 0 Å². The van der Waals surface area contributed by atoms with E-state index < -0.39 is 6.04 Å². The van der Waals surface area contributed by atoms with Gasteiger partial charge in [0.05, 0.1) is 6.04 Å². The Morgan fingerprint density at radius 2 is 1.79 bits per heavy atom. The highest BCUT2D eigenvalue weighted by Gasteiger charge is 2.41. The third-order valence-electron chi connectivity index (χ3n) is 5.65. The largest absolute Gasteiger partial charge is 0.352 e. The van der Waals surface area contributed by atoms with Gasteiger partial charge in [0.15, 0.2) is 0 Å². The molecule has 24 heavy (non-hydrogen) atoms. The number of nitrogens with two attached hydrogens (primary N) is 1. The smallest absolute Gasteiger partial charge is 0.237 e. The molecule has 4 nitrogen and oxygen atoms in total. The van der Waals surface area contributed by atoms with Crippen LogP contribution in [0.15, 0.2) is 30.3 Å². The summed E-state index contributed by atoms with van der Waals surface area (Å²) in [5, 5.41) is 3.22. The van der Waals surface area contributed by atoms with Crippen molar-refractivity contribution in [3.63, 3.8) is 0 Å². The standard InChI is InChI=1S/C20H31N3O/c1-20(2,3)18(21)19(24)22-15-11-16-9-10-17(12-15)23(16)13-14-7-5-4-6-8-14/h4-8,15-18H,9-13,21H2,1-3H3,(H,22,24)/t15?,16?,17?,18-/m1/s1. The van der Waals surface area contributed by atoms with E-state index in [-0.39, 0.29) is 17.4 Å². The molecule has 4 heteroatoms. The number of nitrogens with zero attached hydrogens (tertiary/aromatic N) is 1. The Bertz CT molecular complexity index is 552. The molecule has 1 aromatic rings. The number of rotatable bonds is 4. The third-order valence-corrected chi connectivity index (χ3v) is 5.65. The van der Waals surface area contributed by atoms with Gasteiger partial charge in [-0.25, -0.2) is 0 Å². The number of hydrogen-bond donors (Lipinski definition) is 2. The van der Waals surface area contributed by atoms with Crippen LogP contribution in [-0.4, -0.2) is 35.0 Å². The fourth-order valence-electron chi connectivity index (χ4n) is 4.13. The lowest BCUT2D eigenvalue weighted by atomic mass is 9.86. The quantitative estimate of drug-likeness (QED) is 0.893. The van der Waals surface area contributed by atoms with Crippen molar-refractivity contribution in [2.24, 2.45) is 11.1 Å². The number of piperidine rings is 1. The molecular weight excluding hydrogens is 298 g/mol. The van der Waals surface area contributed by atoms with Crippen molar-refractivity contribution < 1.29 is 4.79 Å². The van der Waals surface area contributed by atoms with Gasteiger partial charge in [0.2, 0.25) is 5.91 Å². The zero-order valence-electron chi connectivity index (χ0n) is 15.2. The SMILES string of the molecule is CC(C)(C)[C@H](N)C(=O)NC1CC2CCC(C1)N2Cc1ccccc1. The zero-order valence-corrected chi connectivity index (χ0v) is 15.2. The van der Waals surface area contributed by atoms with Gasteiger partial charge in [0.25, 0.3) is 0 Å². The van der Waals surface area contributed by atoms with Crippen LogP contribution in [-0.2, 0) is 11.3 Å². The molecule has 0 aliphatic carbocycles. The van der Waals surface area contributed by atoms with Crippen molar-refractivity contribution in [3.8, 4) is 0 Å². The maximum absolute atomic E-state index is 12.4. The van der Waals surface area contributed by atoms with Crippen molar-refractivity contribution >= 4 is 5.91 Å². The molecule has 2 fully saturated rings. The van der Waals surface area contributed by atoms with Crippen LogP contribution in [0.25, 0.3) is 0 Å². The lowest BCUT2D eigenvalue weighted by molar-refractivity contribution is -0.125. The van der Waals surface area contributed by atoms with Crippen LogP contribution < -0.4 is 11.1 Å². The lowest BCUT2D eigenvalue weighted by Crippen LogP contribution is -2.55. The molecule has 1 aromatic carbocycles. The highest BCUT2D eigenvalue weighted by atomic mass is 16.2. The molecule has 2 aliphatic heterocycles. The summed E-state index contributed by atoms with van der Waals surface area (Å²) in [6.45, 7) is 7.08. The highest BCUT2D eigenvalue weighted by Crippen LogP contribution is 2.37. The molecule has 2 bridgehead atoms. The topological polar surface area (TPSA) is 58.4 Å². The maximum atomic E-state index is 12.4. The van der Waals surface area contributed by atoms with Crippen LogP contribution in [0, 0.1) is 5.41 Å². The predicted molar refractivity (Wildman–Crippen MR) is 97.4 cm³/mol. The third kappa shape index (κ3) is 3.81. The summed E-state index contributed by atoms with van der Waals surface area (Å²) in [6, 6.07) is 11.7. The van der Waals surface area contributed by atoms with Gasteiger partial charge in [0.1, 0.15) is 0 Å². The molecule has 2 heterocycles. The van der Waals surface area contributed by atoms with Crippen LogP contribution in [0.2, 0.25) is 0 Å². The fourth-order valence-corrected chi connectivity index (χ4v) is 4.13. The van der Waals surface area contributed by atoms with Crippen LogP contribution in [0.1, 0.15) is 52.0 Å². The minimum Gasteiger partial charge on any atom is -0.352 e. The van der Waals surface area contributed by atoms with Crippen LogP contribution in [0.5, 0.6) is 0 Å². The molecule has 3 rings (SSSR count). The Hall–Kier alpha value is -1.39. The first-order valence-corrected chi connectivity index (χ1v) is 9.20. The average molecular weight is 329 g/mol. The van der Waals surface area contributed by atoms with Crippen molar-refractivity contribution in [2.75, 3.05) is 0 Å². The number of hydrogen-bond acceptors (Lipinski definition) is 3. The molecule has 0 spiro atoms. The highest BCUT2D eigenvalue weighted by molar-refractivity contribution is 5.82. The van der Waals surface area contributed by atoms with E-state index in [1.54, 1.807) is 0 Å². The normalized spacial score (nSPS) is 28.6. The molecule has 2 aliphatic rings. The van der Waals surface area contributed by atoms with Gasteiger partial charge in [-0.3, -0.25) is 9.69 Å². The molecule has 3 atom stereocenters. The molecule has 2 unspecified atom stereocenters. The minimum atomic E-state index is -0.447. The first kappa shape index (κ1) is 17.4. The number of carbonyl (C=O) groups excluding carboxylic acids is 1. The summed E-state index contributed by atoms with van der Waals surface area (Å²) in [7, 11) is 0. The summed E-state index contributed by atoms with van der Waals surface area (Å²) in [5.74, 6) is 0.00316. The predicted octanol–water partition coefficient (Wildman–Crippen LogP) is 2.67. The molecule has 1 amide bonds. The Balaban J connectivity index is 1.58. The van der Waals surface area contributed by atoms with Crippen molar-refractivity contribution in [2.45, 2.75) is 77.2 Å². The Labute approximate surface area is 145 Å². The monoisotopic (exact) mass is 329 g/mol. The van der Waals surface area contributed by atoms with E-state index in [1.807, 2.05) is 20.8 Å². The number of benzene rings is 1. The Kier molecular flexibility index (Phi) is 4.97. The molecule has 2 saturated heterocycles. The minimum absolute atomic E-state index is 0.00316. The van der Waals surface area contributed by atoms with E-state index in [4.69, 9.17) is 5.73 Å². The molecule has 132 valence electrons. The van der Waals surface area contributed by atoms with Crippen LogP contribution in [0.3, 0.4) is 0 Å². The summed E-state index contributed by atoms with van der Waals surface area (Å²) in [4.78, 5) is 15.1. The van der Waals surface area contributed by atoms with Gasteiger partial charge < -0.3 is 11.1 Å². The van der Waals surface area contributed by atoms with E-state index in [9.17, 15) is 4.79 Å². The van der Waals surface area contributed by atoms with Crippen LogP contribution >= 0.6 is 0 Å². The van der Waals surface area contributed by atoms with Crippen molar-refractivity contribution in [1.29, 1.82) is 0 Å². The lowest BCUT2D eigenvalue weighted by Gasteiger charge is -2.40. The second-order valence-corrected chi connectivity index (χ2v) is 8.56. The molecule has 3 N–H and O–H groups in total. The second kappa shape index (κ2) is 6.85. The first-order valence-electron chi connectivity index (χ1n) is 9.20. The van der Waals surface area contributed by atoms with Gasteiger partial charge in [-0.05, 0) is 36.7 Å². The van der Waals surface area contributed by atoms with Gasteiger partial charge >= 0.3 is 0 Å². The number of fused-ring (bicyclic) bond motifs is 2. The average Bonchev–Trinajstić information content (AvgIpc) is 2.77. The van der Waals surface area contributed by atoms with E-state index in [0.29, 0.717) is 12.1 Å². The fraction of sp³-hybridized carbons (Fsp3) is 0.650. The second-order valence-electron chi connectivity index (χ2n) is 8.56. The summed E-state index contributed by atoms with van der Waals surface area (Å²) >= 11 is 0. The number of carbonyl (C=O) groups is 1. The molecular formula is C20H31N3O. The molecule has 0 radical (unpaired) electrons. The first-order chi connectivity index (χ1) is 11.3. The van der Waals surface area contributed by atoms with Crippen molar-refractivity contribution in [1.82, 2.24) is 10.2 Å². The summed E-state index contributed by atoms with van der Waals surface area (Å²) in [6.07, 6.45) is 4.59. The Morgan fingerprint density at radius 1 is 1.21 bits per heavy atom. The van der Waals surface area contributed by atoms with Crippen molar-refractivity contribution in [3.05, 3.63) is 35.9 Å². The molecule has 0 aromatic heterocycles. The van der Waals surface area contributed by atoms with E-state index in [0.717, 1.165) is 19.4 Å². The maximum Gasteiger partial charge on any atom is 0.237 e. The van der Waals surface area contributed by atoms with Gasteiger partial charge in [0, 0.05) is 24.7 Å². The zero-order chi connectivity index (χ0) is 17.3.